The van der Waals surface area contributed by atoms with Gasteiger partial charge >= 0.3 is 0 Å². The van der Waals surface area contributed by atoms with Crippen LogP contribution in [0.2, 0.25) is 0 Å². The Morgan fingerprint density at radius 3 is 3.17 bits per heavy atom. The van der Waals surface area contributed by atoms with E-state index in [1.54, 1.807) is 0 Å². The quantitative estimate of drug-likeness (QED) is 0.415. The number of carbonyl (C=O) groups is 1. The van der Waals surface area contributed by atoms with Gasteiger partial charge in [0.2, 0.25) is 5.91 Å². The fraction of sp³-hybridized carbons (Fsp3) is 0.857. The topological polar surface area (TPSA) is 73.6 Å². The first-order valence-corrected chi connectivity index (χ1v) is 3.99. The molecule has 3 N–H and O–H groups in total. The van der Waals surface area contributed by atoms with Gasteiger partial charge in [0, 0.05) is 13.2 Å². The minimum absolute atomic E-state index is 0.0758. The van der Waals surface area contributed by atoms with Crippen LogP contribution in [0.3, 0.4) is 0 Å². The Morgan fingerprint density at radius 2 is 2.58 bits per heavy atom. The molecule has 1 rings (SSSR count). The van der Waals surface area contributed by atoms with E-state index in [1.807, 2.05) is 0 Å². The van der Waals surface area contributed by atoms with Gasteiger partial charge in [-0.3, -0.25) is 9.63 Å². The third kappa shape index (κ3) is 3.66. The molecule has 70 valence electrons. The summed E-state index contributed by atoms with van der Waals surface area (Å²) < 4.78 is 5.15. The van der Waals surface area contributed by atoms with E-state index in [0.717, 1.165) is 19.6 Å². The maximum absolute atomic E-state index is 10.2. The lowest BCUT2D eigenvalue weighted by Gasteiger charge is -2.07. The number of primary amides is 1. The summed E-state index contributed by atoms with van der Waals surface area (Å²) in [6, 6.07) is 0. The van der Waals surface area contributed by atoms with Gasteiger partial charge < -0.3 is 10.5 Å². The van der Waals surface area contributed by atoms with Crippen LogP contribution in [0, 0.1) is 5.92 Å². The predicted molar refractivity (Wildman–Crippen MR) is 42.1 cm³/mol. The summed E-state index contributed by atoms with van der Waals surface area (Å²) in [5, 5.41) is 0. The van der Waals surface area contributed by atoms with Crippen LogP contribution in [0.1, 0.15) is 6.42 Å². The largest absolute Gasteiger partial charge is 0.381 e. The number of amides is 1. The molecule has 12 heavy (non-hydrogen) atoms. The number of hydrogen-bond acceptors (Lipinski definition) is 4. The minimum Gasteiger partial charge on any atom is -0.381 e. The molecule has 1 heterocycles. The number of nitrogens with two attached hydrogens (primary N) is 1. The molecule has 1 atom stereocenters. The number of hydroxylamine groups is 1. The van der Waals surface area contributed by atoms with Crippen molar-refractivity contribution in [3.05, 3.63) is 0 Å². The molecular weight excluding hydrogens is 160 g/mol. The number of carbonyl (C=O) groups excluding carboxylic acids is 1. The molecule has 5 heteroatoms. The first kappa shape index (κ1) is 9.44. The third-order valence-corrected chi connectivity index (χ3v) is 1.71. The molecule has 0 spiro atoms. The second-order valence-electron chi connectivity index (χ2n) is 2.83. The van der Waals surface area contributed by atoms with Crippen LogP contribution in [-0.2, 0) is 14.4 Å². The molecular formula is C7H14N2O3. The Morgan fingerprint density at radius 1 is 1.75 bits per heavy atom. The summed E-state index contributed by atoms with van der Waals surface area (Å²) in [6.07, 6.45) is 1.05. The van der Waals surface area contributed by atoms with E-state index in [9.17, 15) is 4.79 Å². The third-order valence-electron chi connectivity index (χ3n) is 1.71. The zero-order valence-corrected chi connectivity index (χ0v) is 6.91. The highest BCUT2D eigenvalue weighted by Gasteiger charge is 2.14. The highest BCUT2D eigenvalue weighted by Crippen LogP contribution is 2.10. The summed E-state index contributed by atoms with van der Waals surface area (Å²) in [7, 11) is 0. The van der Waals surface area contributed by atoms with Crippen molar-refractivity contribution in [2.75, 3.05) is 26.4 Å². The lowest BCUT2D eigenvalue weighted by atomic mass is 10.1. The second-order valence-corrected chi connectivity index (χ2v) is 2.83. The monoisotopic (exact) mass is 174 g/mol. The van der Waals surface area contributed by atoms with Gasteiger partial charge in [-0.15, -0.1) is 0 Å². The highest BCUT2D eigenvalue weighted by atomic mass is 16.6. The van der Waals surface area contributed by atoms with Crippen LogP contribution in [0.15, 0.2) is 0 Å². The molecule has 0 aromatic rings. The van der Waals surface area contributed by atoms with Crippen molar-refractivity contribution in [1.82, 2.24) is 5.48 Å². The van der Waals surface area contributed by atoms with E-state index in [4.69, 9.17) is 15.3 Å². The second kappa shape index (κ2) is 5.08. The van der Waals surface area contributed by atoms with Gasteiger partial charge in [0.25, 0.3) is 0 Å². The smallest absolute Gasteiger partial charge is 0.245 e. The summed E-state index contributed by atoms with van der Waals surface area (Å²) in [5.74, 6) is 0.0306. The van der Waals surface area contributed by atoms with Gasteiger partial charge in [0.15, 0.2) is 0 Å². The zero-order chi connectivity index (χ0) is 8.81. The molecule has 0 saturated carbocycles. The molecule has 1 unspecified atom stereocenters. The first-order valence-electron chi connectivity index (χ1n) is 3.99. The standard InChI is InChI=1S/C7H14N2O3/c8-7(10)5-12-9-3-6-1-2-11-4-6/h6,9H,1-5H2,(H2,8,10). The van der Waals surface area contributed by atoms with Crippen molar-refractivity contribution < 1.29 is 14.4 Å². The molecule has 1 fully saturated rings. The van der Waals surface area contributed by atoms with E-state index in [1.165, 1.54) is 0 Å². The molecule has 0 bridgehead atoms. The SMILES string of the molecule is NC(=O)CONCC1CCOC1. The van der Waals surface area contributed by atoms with Crippen LogP contribution >= 0.6 is 0 Å². The molecule has 1 amide bonds. The van der Waals surface area contributed by atoms with Gasteiger partial charge in [-0.05, 0) is 12.3 Å². The summed E-state index contributed by atoms with van der Waals surface area (Å²) >= 11 is 0. The average Bonchev–Trinajstić information content (AvgIpc) is 2.49. The van der Waals surface area contributed by atoms with Crippen LogP contribution < -0.4 is 11.2 Å². The molecule has 0 aromatic heterocycles. The Kier molecular flexibility index (Phi) is 3.99. The van der Waals surface area contributed by atoms with Gasteiger partial charge in [-0.2, -0.15) is 0 Å². The Bertz CT molecular complexity index is 146. The number of nitrogens with one attached hydrogen (secondary N) is 1. The lowest BCUT2D eigenvalue weighted by Crippen LogP contribution is -2.28. The van der Waals surface area contributed by atoms with Crippen LogP contribution in [0.25, 0.3) is 0 Å². The van der Waals surface area contributed by atoms with Crippen LogP contribution in [0.4, 0.5) is 0 Å². The first-order chi connectivity index (χ1) is 5.79. The predicted octanol–water partition coefficient (Wildman–Crippen LogP) is -0.971. The van der Waals surface area contributed by atoms with Crippen LogP contribution in [-0.4, -0.2) is 32.3 Å². The van der Waals surface area contributed by atoms with Gasteiger partial charge in [0.1, 0.15) is 6.61 Å². The van der Waals surface area contributed by atoms with Crippen molar-refractivity contribution in [2.24, 2.45) is 11.7 Å². The summed E-state index contributed by atoms with van der Waals surface area (Å²) in [5.41, 5.74) is 7.54. The number of ether oxygens (including phenoxy) is 1. The van der Waals surface area contributed by atoms with Crippen molar-refractivity contribution >= 4 is 5.91 Å². The van der Waals surface area contributed by atoms with E-state index >= 15 is 0 Å². The van der Waals surface area contributed by atoms with E-state index < -0.39 is 5.91 Å². The number of hydrogen-bond donors (Lipinski definition) is 2. The molecule has 0 radical (unpaired) electrons. The molecule has 5 nitrogen and oxygen atoms in total. The van der Waals surface area contributed by atoms with Gasteiger partial charge in [-0.25, -0.2) is 5.48 Å². The normalized spacial score (nSPS) is 22.8. The van der Waals surface area contributed by atoms with Crippen molar-refractivity contribution in [3.8, 4) is 0 Å². The van der Waals surface area contributed by atoms with Gasteiger partial charge in [0.05, 0.1) is 6.61 Å². The van der Waals surface area contributed by atoms with Crippen molar-refractivity contribution in [3.63, 3.8) is 0 Å². The minimum atomic E-state index is -0.467. The van der Waals surface area contributed by atoms with Crippen molar-refractivity contribution in [2.45, 2.75) is 6.42 Å². The van der Waals surface area contributed by atoms with Crippen LogP contribution in [0.5, 0.6) is 0 Å². The maximum Gasteiger partial charge on any atom is 0.245 e. The summed E-state index contributed by atoms with van der Waals surface area (Å²) in [4.78, 5) is 15.0. The fourth-order valence-electron chi connectivity index (χ4n) is 1.04. The molecule has 1 aliphatic heterocycles. The number of rotatable bonds is 5. The Hall–Kier alpha value is -0.650. The van der Waals surface area contributed by atoms with E-state index in [2.05, 4.69) is 5.48 Å². The molecule has 0 aliphatic carbocycles. The van der Waals surface area contributed by atoms with Crippen molar-refractivity contribution in [1.29, 1.82) is 0 Å². The fourth-order valence-corrected chi connectivity index (χ4v) is 1.04. The summed E-state index contributed by atoms with van der Waals surface area (Å²) in [6.45, 7) is 2.23. The molecule has 0 aromatic carbocycles. The molecule has 1 saturated heterocycles. The lowest BCUT2D eigenvalue weighted by molar-refractivity contribution is -0.125. The van der Waals surface area contributed by atoms with E-state index in [-0.39, 0.29) is 6.61 Å². The Labute approximate surface area is 71.2 Å². The highest BCUT2D eigenvalue weighted by molar-refractivity contribution is 5.74. The maximum atomic E-state index is 10.2. The van der Waals surface area contributed by atoms with E-state index in [0.29, 0.717) is 12.5 Å². The zero-order valence-electron chi connectivity index (χ0n) is 6.91. The molecule has 1 aliphatic rings. The average molecular weight is 174 g/mol. The van der Waals surface area contributed by atoms with Gasteiger partial charge in [-0.1, -0.05) is 0 Å². The Balaban J connectivity index is 1.91.